The van der Waals surface area contributed by atoms with E-state index < -0.39 is 0 Å². The van der Waals surface area contributed by atoms with Gasteiger partial charge in [-0.05, 0) is 52.6 Å². The lowest BCUT2D eigenvalue weighted by Crippen LogP contribution is -2.01. The zero-order chi connectivity index (χ0) is 37.0. The molecule has 0 aliphatic rings. The number of furan rings is 2. The Labute approximate surface area is 321 Å². The van der Waals surface area contributed by atoms with E-state index in [1.54, 1.807) is 6.20 Å². The van der Waals surface area contributed by atoms with Gasteiger partial charge in [0.05, 0.1) is 0 Å². The lowest BCUT2D eigenvalue weighted by molar-refractivity contribution is 0.668. The summed E-state index contributed by atoms with van der Waals surface area (Å²) < 4.78 is 13.0. The first kappa shape index (κ1) is 31.8. The van der Waals surface area contributed by atoms with Crippen molar-refractivity contribution in [3.05, 3.63) is 182 Å². The van der Waals surface area contributed by atoms with Crippen molar-refractivity contribution in [2.24, 2.45) is 0 Å². The molecule has 0 saturated heterocycles. The molecule has 11 rings (SSSR count). The normalized spacial score (nSPS) is 11.6. The molecule has 0 fully saturated rings. The second-order valence-electron chi connectivity index (χ2n) is 13.8. The molecule has 4 heterocycles. The maximum Gasteiger partial charge on any atom is 0.164 e. The van der Waals surface area contributed by atoms with Crippen molar-refractivity contribution >= 4 is 43.9 Å². The van der Waals surface area contributed by atoms with Crippen LogP contribution in [0.3, 0.4) is 0 Å². The highest BCUT2D eigenvalue weighted by atomic mass is 16.3. The number of hydrogen-bond donors (Lipinski definition) is 0. The summed E-state index contributed by atoms with van der Waals surface area (Å²) in [5.74, 6) is 1.80. The minimum atomic E-state index is 0.594. The largest absolute Gasteiger partial charge is 0.456 e. The van der Waals surface area contributed by atoms with E-state index in [1.165, 1.54) is 0 Å². The van der Waals surface area contributed by atoms with Gasteiger partial charge in [-0.2, -0.15) is 0 Å². The number of aromatic nitrogens is 4. The van der Waals surface area contributed by atoms with E-state index in [2.05, 4.69) is 96.0 Å². The van der Waals surface area contributed by atoms with Crippen molar-refractivity contribution in [1.29, 1.82) is 0 Å². The molecule has 0 N–H and O–H groups in total. The molecule has 7 aromatic carbocycles. The third-order valence-corrected chi connectivity index (χ3v) is 10.5. The Morgan fingerprint density at radius 2 is 0.893 bits per heavy atom. The standard InChI is InChI=1S/C50H30N4O2/c1-2-12-32(13-3-1)48-52-49(54-50(53-48)39-16-5-4-15-35(39)34-14-11-29-51-30-34)33-25-23-31(24-26-33)36-27-28-38(47-46(36)41-18-7-9-21-43(41)56-47)37-19-10-22-44-45(37)40-17-6-8-20-42(40)55-44/h1-30H. The van der Waals surface area contributed by atoms with Crippen LogP contribution in [0.5, 0.6) is 0 Å². The van der Waals surface area contributed by atoms with Crippen molar-refractivity contribution in [3.63, 3.8) is 0 Å². The minimum Gasteiger partial charge on any atom is -0.456 e. The molecule has 0 spiro atoms. The molecule has 262 valence electrons. The number of benzene rings is 7. The maximum atomic E-state index is 6.72. The molecule has 6 heteroatoms. The first-order chi connectivity index (χ1) is 27.8. The van der Waals surface area contributed by atoms with Crippen molar-refractivity contribution in [1.82, 2.24) is 19.9 Å². The van der Waals surface area contributed by atoms with Gasteiger partial charge < -0.3 is 8.83 Å². The fraction of sp³-hybridized carbons (Fsp3) is 0. The van der Waals surface area contributed by atoms with Gasteiger partial charge in [0.2, 0.25) is 0 Å². The van der Waals surface area contributed by atoms with Gasteiger partial charge in [-0.25, -0.2) is 15.0 Å². The second kappa shape index (κ2) is 13.0. The van der Waals surface area contributed by atoms with Crippen LogP contribution in [0.2, 0.25) is 0 Å². The van der Waals surface area contributed by atoms with Crippen LogP contribution >= 0.6 is 0 Å². The molecule has 0 atom stereocenters. The van der Waals surface area contributed by atoms with Crippen LogP contribution in [0.15, 0.2) is 191 Å². The molecule has 0 saturated carbocycles. The van der Waals surface area contributed by atoms with Gasteiger partial charge in [0.1, 0.15) is 22.3 Å². The molecule has 0 aliphatic heterocycles. The number of fused-ring (bicyclic) bond motifs is 6. The van der Waals surface area contributed by atoms with Crippen LogP contribution in [0.4, 0.5) is 0 Å². The molecule has 4 aromatic heterocycles. The second-order valence-corrected chi connectivity index (χ2v) is 13.8. The summed E-state index contributed by atoms with van der Waals surface area (Å²) in [5.41, 5.74) is 12.3. The first-order valence-corrected chi connectivity index (χ1v) is 18.5. The van der Waals surface area contributed by atoms with Gasteiger partial charge in [-0.1, -0.05) is 140 Å². The zero-order valence-corrected chi connectivity index (χ0v) is 29.9. The zero-order valence-electron chi connectivity index (χ0n) is 29.9. The van der Waals surface area contributed by atoms with Gasteiger partial charge >= 0.3 is 0 Å². The fourth-order valence-corrected chi connectivity index (χ4v) is 7.87. The Morgan fingerprint density at radius 1 is 0.321 bits per heavy atom. The van der Waals surface area contributed by atoms with Crippen molar-refractivity contribution in [3.8, 4) is 67.5 Å². The lowest BCUT2D eigenvalue weighted by Gasteiger charge is -2.12. The average Bonchev–Trinajstić information content (AvgIpc) is 3.86. The number of pyridine rings is 1. The molecule has 0 aliphatic carbocycles. The summed E-state index contributed by atoms with van der Waals surface area (Å²) in [5, 5.41) is 4.29. The quantitative estimate of drug-likeness (QED) is 0.170. The molecule has 0 unspecified atom stereocenters. The van der Waals surface area contributed by atoms with E-state index in [4.69, 9.17) is 23.8 Å². The summed E-state index contributed by atoms with van der Waals surface area (Å²) in [6, 6.07) is 57.8. The third kappa shape index (κ3) is 5.27. The van der Waals surface area contributed by atoms with Crippen molar-refractivity contribution in [2.75, 3.05) is 0 Å². The van der Waals surface area contributed by atoms with E-state index in [0.717, 1.165) is 93.9 Å². The number of para-hydroxylation sites is 2. The summed E-state index contributed by atoms with van der Waals surface area (Å²) in [4.78, 5) is 19.5. The third-order valence-electron chi connectivity index (χ3n) is 10.5. The van der Waals surface area contributed by atoms with E-state index >= 15 is 0 Å². The lowest BCUT2D eigenvalue weighted by atomic mass is 9.92. The Hall–Kier alpha value is -7.70. The summed E-state index contributed by atoms with van der Waals surface area (Å²) >= 11 is 0. The van der Waals surface area contributed by atoms with Crippen LogP contribution < -0.4 is 0 Å². The predicted molar refractivity (Wildman–Crippen MR) is 225 cm³/mol. The summed E-state index contributed by atoms with van der Waals surface area (Å²) in [6.45, 7) is 0. The van der Waals surface area contributed by atoms with Crippen LogP contribution in [0.1, 0.15) is 0 Å². The van der Waals surface area contributed by atoms with Gasteiger partial charge in [0, 0.05) is 61.8 Å². The van der Waals surface area contributed by atoms with Gasteiger partial charge in [-0.3, -0.25) is 4.98 Å². The molecule has 6 nitrogen and oxygen atoms in total. The van der Waals surface area contributed by atoms with E-state index in [-0.39, 0.29) is 0 Å². The highest BCUT2D eigenvalue weighted by Crippen LogP contribution is 2.45. The van der Waals surface area contributed by atoms with Gasteiger partial charge in [0.25, 0.3) is 0 Å². The average molecular weight is 719 g/mol. The molecular formula is C50H30N4O2. The van der Waals surface area contributed by atoms with Crippen molar-refractivity contribution in [2.45, 2.75) is 0 Å². The topological polar surface area (TPSA) is 77.8 Å². The Kier molecular flexibility index (Phi) is 7.38. The maximum absolute atomic E-state index is 6.72. The number of hydrogen-bond acceptors (Lipinski definition) is 6. The highest BCUT2D eigenvalue weighted by Gasteiger charge is 2.21. The Morgan fingerprint density at radius 3 is 1.66 bits per heavy atom. The fourth-order valence-electron chi connectivity index (χ4n) is 7.87. The molecule has 11 aromatic rings. The first-order valence-electron chi connectivity index (χ1n) is 18.5. The van der Waals surface area contributed by atoms with Crippen LogP contribution in [0, 0.1) is 0 Å². The molecule has 0 amide bonds. The van der Waals surface area contributed by atoms with E-state index in [9.17, 15) is 0 Å². The van der Waals surface area contributed by atoms with Crippen molar-refractivity contribution < 1.29 is 8.83 Å². The van der Waals surface area contributed by atoms with Crippen LogP contribution in [0.25, 0.3) is 111 Å². The Bertz CT molecular complexity index is 3240. The molecule has 0 bridgehead atoms. The Balaban J connectivity index is 1.06. The SMILES string of the molecule is c1ccc(-c2nc(-c3ccc(-c4ccc(-c5cccc6oc7ccccc7c56)c5oc6ccccc6c45)cc3)nc(-c3ccccc3-c3cccnc3)n2)cc1. The number of nitrogens with zero attached hydrogens (tertiary/aromatic N) is 4. The van der Waals surface area contributed by atoms with Gasteiger partial charge in [-0.15, -0.1) is 0 Å². The highest BCUT2D eigenvalue weighted by molar-refractivity contribution is 6.20. The monoisotopic (exact) mass is 718 g/mol. The summed E-state index contributed by atoms with van der Waals surface area (Å²) in [6.07, 6.45) is 3.65. The van der Waals surface area contributed by atoms with Gasteiger partial charge in [0.15, 0.2) is 17.5 Å². The van der Waals surface area contributed by atoms with E-state index in [0.29, 0.717) is 17.5 Å². The molecule has 0 radical (unpaired) electrons. The van der Waals surface area contributed by atoms with Crippen LogP contribution in [-0.4, -0.2) is 19.9 Å². The minimum absolute atomic E-state index is 0.594. The molecular weight excluding hydrogens is 689 g/mol. The predicted octanol–water partition coefficient (Wildman–Crippen LogP) is 13.1. The number of rotatable bonds is 6. The smallest absolute Gasteiger partial charge is 0.164 e. The summed E-state index contributed by atoms with van der Waals surface area (Å²) in [7, 11) is 0. The van der Waals surface area contributed by atoms with Crippen LogP contribution in [-0.2, 0) is 0 Å². The van der Waals surface area contributed by atoms with E-state index in [1.807, 2.05) is 85.1 Å². The molecule has 56 heavy (non-hydrogen) atoms.